The standard InChI is InChI=1S/C23H26N4O2/c1-16-25-22-6-3-17(14-23(22)29-16)18(9-12-28)13-20-4-5-21(15-26(20)2)27-10-7-19(24)8-11-27/h3-6,9,12-15,19H,7-8,10-11,24H2,1-2H3/b18-9+,20-13-. The van der Waals surface area contributed by atoms with Gasteiger partial charge in [-0.1, -0.05) is 6.07 Å². The number of fused-ring (bicyclic) bond motifs is 1. The van der Waals surface area contributed by atoms with Gasteiger partial charge in [0.25, 0.3) is 0 Å². The van der Waals surface area contributed by atoms with E-state index in [9.17, 15) is 4.79 Å². The van der Waals surface area contributed by atoms with E-state index in [0.29, 0.717) is 17.5 Å². The molecule has 2 N–H and O–H groups in total. The van der Waals surface area contributed by atoms with Crippen LogP contribution in [0.4, 0.5) is 0 Å². The average Bonchev–Trinajstić information content (AvgIpc) is 3.08. The number of rotatable bonds is 4. The fourth-order valence-corrected chi connectivity index (χ4v) is 3.78. The summed E-state index contributed by atoms with van der Waals surface area (Å²) < 4.78 is 5.64. The maximum Gasteiger partial charge on any atom is 0.192 e. The van der Waals surface area contributed by atoms with Gasteiger partial charge in [-0.25, -0.2) is 4.98 Å². The molecule has 1 saturated heterocycles. The molecule has 1 aromatic carbocycles. The van der Waals surface area contributed by atoms with E-state index in [-0.39, 0.29) is 0 Å². The molecule has 150 valence electrons. The van der Waals surface area contributed by atoms with Gasteiger partial charge in [-0.05, 0) is 60.4 Å². The summed E-state index contributed by atoms with van der Waals surface area (Å²) in [7, 11) is 2.02. The Morgan fingerprint density at radius 3 is 2.79 bits per heavy atom. The maximum absolute atomic E-state index is 11.3. The molecular weight excluding hydrogens is 364 g/mol. The Balaban J connectivity index is 1.58. The third-order valence-corrected chi connectivity index (χ3v) is 5.44. The Kier molecular flexibility index (Phi) is 5.36. The van der Waals surface area contributed by atoms with Crippen molar-refractivity contribution in [1.82, 2.24) is 14.8 Å². The predicted molar refractivity (Wildman–Crippen MR) is 115 cm³/mol. The van der Waals surface area contributed by atoms with Crippen LogP contribution in [0.3, 0.4) is 0 Å². The van der Waals surface area contributed by atoms with Crippen molar-refractivity contribution in [3.05, 3.63) is 71.6 Å². The Morgan fingerprint density at radius 2 is 2.07 bits per heavy atom. The SMILES string of the molecule is Cc1nc2ccc(C(/C=C3/C=CC(N4CCC(N)CC4)=CN3C)=C/C=O)cc2o1. The largest absolute Gasteiger partial charge is 0.441 e. The Morgan fingerprint density at radius 1 is 1.28 bits per heavy atom. The molecule has 0 radical (unpaired) electrons. The van der Waals surface area contributed by atoms with Gasteiger partial charge in [0.2, 0.25) is 0 Å². The van der Waals surface area contributed by atoms with Gasteiger partial charge in [-0.15, -0.1) is 0 Å². The monoisotopic (exact) mass is 390 g/mol. The molecule has 2 aliphatic rings. The Bertz CT molecular complexity index is 1040. The number of aldehydes is 1. The number of carbonyl (C=O) groups excluding carboxylic acids is 1. The fourth-order valence-electron chi connectivity index (χ4n) is 3.78. The second-order valence-corrected chi connectivity index (χ2v) is 7.57. The number of piperidine rings is 1. The number of likely N-dealkylation sites (N-methyl/N-ethyl adjacent to an activating group) is 1. The van der Waals surface area contributed by atoms with Crippen molar-refractivity contribution in [2.45, 2.75) is 25.8 Å². The van der Waals surface area contributed by atoms with Gasteiger partial charge in [-0.2, -0.15) is 0 Å². The van der Waals surface area contributed by atoms with E-state index < -0.39 is 0 Å². The van der Waals surface area contributed by atoms with Crippen LogP contribution < -0.4 is 5.73 Å². The quantitative estimate of drug-likeness (QED) is 0.637. The van der Waals surface area contributed by atoms with E-state index in [1.807, 2.05) is 38.2 Å². The number of aryl methyl sites for hydroxylation is 1. The lowest BCUT2D eigenvalue weighted by Crippen LogP contribution is -2.39. The van der Waals surface area contributed by atoms with Crippen LogP contribution in [0.25, 0.3) is 16.7 Å². The number of aromatic nitrogens is 1. The molecule has 6 heteroatoms. The first-order valence-corrected chi connectivity index (χ1v) is 9.91. The minimum Gasteiger partial charge on any atom is -0.441 e. The van der Waals surface area contributed by atoms with Gasteiger partial charge >= 0.3 is 0 Å². The number of hydrogen-bond donors (Lipinski definition) is 1. The minimum absolute atomic E-state index is 0.314. The van der Waals surface area contributed by atoms with Crippen molar-refractivity contribution in [3.63, 3.8) is 0 Å². The highest BCUT2D eigenvalue weighted by Crippen LogP contribution is 2.27. The number of hydrogen-bond acceptors (Lipinski definition) is 6. The molecule has 0 aliphatic carbocycles. The molecule has 3 heterocycles. The lowest BCUT2D eigenvalue weighted by atomic mass is 10.0. The fraction of sp³-hybridized carbons (Fsp3) is 0.304. The number of likely N-dealkylation sites (tertiary alicyclic amines) is 1. The number of oxazole rings is 1. The highest BCUT2D eigenvalue weighted by atomic mass is 16.3. The predicted octanol–water partition coefficient (Wildman–Crippen LogP) is 3.37. The molecule has 1 fully saturated rings. The lowest BCUT2D eigenvalue weighted by molar-refractivity contribution is -0.104. The summed E-state index contributed by atoms with van der Waals surface area (Å²) in [5.41, 5.74) is 11.5. The third kappa shape index (κ3) is 4.17. The highest BCUT2D eigenvalue weighted by molar-refractivity contribution is 5.89. The van der Waals surface area contributed by atoms with Crippen LogP contribution in [0, 0.1) is 6.92 Å². The Labute approximate surface area is 170 Å². The summed E-state index contributed by atoms with van der Waals surface area (Å²) in [6, 6.07) is 6.11. The summed E-state index contributed by atoms with van der Waals surface area (Å²) in [6.07, 6.45) is 12.8. The van der Waals surface area contributed by atoms with Crippen LogP contribution in [-0.2, 0) is 4.79 Å². The van der Waals surface area contributed by atoms with Crippen LogP contribution >= 0.6 is 0 Å². The van der Waals surface area contributed by atoms with E-state index in [2.05, 4.69) is 33.1 Å². The highest BCUT2D eigenvalue weighted by Gasteiger charge is 2.19. The van der Waals surface area contributed by atoms with E-state index in [1.165, 1.54) is 5.70 Å². The first kappa shape index (κ1) is 19.2. The van der Waals surface area contributed by atoms with Gasteiger partial charge < -0.3 is 20.0 Å². The van der Waals surface area contributed by atoms with Crippen LogP contribution in [0.1, 0.15) is 24.3 Å². The molecule has 29 heavy (non-hydrogen) atoms. The minimum atomic E-state index is 0.314. The lowest BCUT2D eigenvalue weighted by Gasteiger charge is -2.35. The molecule has 2 aliphatic heterocycles. The molecule has 0 saturated carbocycles. The van der Waals surface area contributed by atoms with Crippen LogP contribution in [0.15, 0.2) is 64.5 Å². The first-order valence-electron chi connectivity index (χ1n) is 9.91. The van der Waals surface area contributed by atoms with E-state index in [4.69, 9.17) is 10.2 Å². The molecule has 2 aromatic rings. The molecule has 4 rings (SSSR count). The van der Waals surface area contributed by atoms with Crippen molar-refractivity contribution in [3.8, 4) is 0 Å². The number of nitrogens with two attached hydrogens (primary N) is 1. The third-order valence-electron chi connectivity index (χ3n) is 5.44. The molecule has 0 bridgehead atoms. The van der Waals surface area contributed by atoms with Gasteiger partial charge in [0, 0.05) is 45.0 Å². The normalized spacial score (nSPS) is 19.9. The molecule has 0 unspecified atom stereocenters. The smallest absolute Gasteiger partial charge is 0.192 e. The second-order valence-electron chi connectivity index (χ2n) is 7.57. The van der Waals surface area contributed by atoms with E-state index >= 15 is 0 Å². The number of benzene rings is 1. The summed E-state index contributed by atoms with van der Waals surface area (Å²) >= 11 is 0. The van der Waals surface area contributed by atoms with Crippen LogP contribution in [-0.4, -0.2) is 47.2 Å². The van der Waals surface area contributed by atoms with Gasteiger partial charge in [0.1, 0.15) is 11.8 Å². The van der Waals surface area contributed by atoms with Gasteiger partial charge in [-0.3, -0.25) is 4.79 Å². The molecular formula is C23H26N4O2. The molecule has 1 aromatic heterocycles. The zero-order valence-electron chi connectivity index (χ0n) is 16.8. The summed E-state index contributed by atoms with van der Waals surface area (Å²) in [6.45, 7) is 3.79. The van der Waals surface area contributed by atoms with E-state index in [1.54, 1.807) is 6.08 Å². The van der Waals surface area contributed by atoms with Crippen molar-refractivity contribution >= 4 is 23.0 Å². The molecule has 0 amide bonds. The topological polar surface area (TPSA) is 75.6 Å². The van der Waals surface area contributed by atoms with Crippen LogP contribution in [0.5, 0.6) is 0 Å². The van der Waals surface area contributed by atoms with Crippen molar-refractivity contribution in [2.24, 2.45) is 5.73 Å². The molecule has 0 atom stereocenters. The average molecular weight is 390 g/mol. The van der Waals surface area contributed by atoms with Gasteiger partial charge in [0.15, 0.2) is 11.5 Å². The van der Waals surface area contributed by atoms with Crippen molar-refractivity contribution in [2.75, 3.05) is 20.1 Å². The zero-order valence-corrected chi connectivity index (χ0v) is 16.8. The van der Waals surface area contributed by atoms with Crippen LogP contribution in [0.2, 0.25) is 0 Å². The molecule has 0 spiro atoms. The second kappa shape index (κ2) is 8.09. The number of carbonyl (C=O) groups is 1. The van der Waals surface area contributed by atoms with E-state index in [0.717, 1.165) is 54.6 Å². The summed E-state index contributed by atoms with van der Waals surface area (Å²) in [5, 5.41) is 0. The van der Waals surface area contributed by atoms with Crippen molar-refractivity contribution < 1.29 is 9.21 Å². The maximum atomic E-state index is 11.3. The zero-order chi connectivity index (χ0) is 20.4. The summed E-state index contributed by atoms with van der Waals surface area (Å²) in [4.78, 5) is 20.1. The summed E-state index contributed by atoms with van der Waals surface area (Å²) in [5.74, 6) is 0.628. The first-order chi connectivity index (χ1) is 14.0. The van der Waals surface area contributed by atoms with Crippen molar-refractivity contribution in [1.29, 1.82) is 0 Å². The number of nitrogens with zero attached hydrogens (tertiary/aromatic N) is 3. The number of allylic oxidation sites excluding steroid dienone is 5. The molecule has 6 nitrogen and oxygen atoms in total. The van der Waals surface area contributed by atoms with Gasteiger partial charge in [0.05, 0.1) is 5.70 Å². The Hall–Kier alpha value is -3.12.